The number of fused-ring (bicyclic) bond motifs is 2. The van der Waals surface area contributed by atoms with Gasteiger partial charge in [-0.15, -0.1) is 0 Å². The van der Waals surface area contributed by atoms with E-state index in [1.807, 2.05) is 31.3 Å². The maximum absolute atomic E-state index is 14.3. The quantitative estimate of drug-likeness (QED) is 0.114. The van der Waals surface area contributed by atoms with Crippen LogP contribution in [0.2, 0.25) is 0 Å². The van der Waals surface area contributed by atoms with Crippen molar-refractivity contribution in [2.45, 2.75) is 64.7 Å². The Morgan fingerprint density at radius 1 is 0.809 bits per heavy atom. The van der Waals surface area contributed by atoms with Gasteiger partial charge in [-0.2, -0.15) is 0 Å². The fourth-order valence-corrected chi connectivity index (χ4v) is 9.19. The molecule has 47 heavy (non-hydrogen) atoms. The fourth-order valence-electron chi connectivity index (χ4n) is 9.19. The van der Waals surface area contributed by atoms with Crippen molar-refractivity contribution in [3.8, 4) is 5.75 Å². The van der Waals surface area contributed by atoms with Gasteiger partial charge in [-0.05, 0) is 96.4 Å². The van der Waals surface area contributed by atoms with Crippen molar-refractivity contribution in [2.24, 2.45) is 29.1 Å². The van der Waals surface area contributed by atoms with Gasteiger partial charge in [0.05, 0.1) is 11.1 Å². The molecule has 6 rings (SSSR count). The van der Waals surface area contributed by atoms with Gasteiger partial charge in [-0.25, -0.2) is 0 Å². The van der Waals surface area contributed by atoms with Crippen LogP contribution in [-0.2, 0) is 15.0 Å². The lowest BCUT2D eigenvalue weighted by atomic mass is 9.65. The molecule has 2 aliphatic rings. The second-order valence-electron chi connectivity index (χ2n) is 14.2. The SMILES string of the molecule is CCCC1C2CC(CC(C)(C(=O)Nc3cc(C(c4ccccc4)(c4ccccc4)c4cccc(NC)c4)ccc3O)C2)C1CC(C)=O. The van der Waals surface area contributed by atoms with Gasteiger partial charge in [0, 0.05) is 24.6 Å². The van der Waals surface area contributed by atoms with E-state index in [-0.39, 0.29) is 17.4 Å². The van der Waals surface area contributed by atoms with E-state index in [2.05, 4.69) is 97.3 Å². The molecule has 0 saturated heterocycles. The first kappa shape index (κ1) is 32.6. The van der Waals surface area contributed by atoms with Crippen LogP contribution in [0.4, 0.5) is 11.4 Å². The zero-order valence-corrected chi connectivity index (χ0v) is 28.1. The molecule has 5 nitrogen and oxygen atoms in total. The number of hydrogen-bond acceptors (Lipinski definition) is 4. The summed E-state index contributed by atoms with van der Waals surface area (Å²) in [4.78, 5) is 26.6. The third-order valence-corrected chi connectivity index (χ3v) is 11.2. The molecule has 0 heterocycles. The molecule has 0 aromatic heterocycles. The Hall–Kier alpha value is -4.38. The Kier molecular flexibility index (Phi) is 9.27. The number of hydrogen-bond donors (Lipinski definition) is 3. The molecule has 244 valence electrons. The average Bonchev–Trinajstić information content (AvgIpc) is 3.31. The third kappa shape index (κ3) is 6.08. The van der Waals surface area contributed by atoms with Crippen LogP contribution < -0.4 is 10.6 Å². The minimum Gasteiger partial charge on any atom is -0.506 e. The highest BCUT2D eigenvalue weighted by Gasteiger charge is 2.53. The highest BCUT2D eigenvalue weighted by Crippen LogP contribution is 2.58. The summed E-state index contributed by atoms with van der Waals surface area (Å²) in [5.74, 6) is 1.89. The van der Waals surface area contributed by atoms with Gasteiger partial charge < -0.3 is 20.5 Å². The lowest BCUT2D eigenvalue weighted by Crippen LogP contribution is -2.39. The number of amides is 1. The van der Waals surface area contributed by atoms with Crippen molar-refractivity contribution < 1.29 is 14.7 Å². The average molecular weight is 629 g/mol. The normalized spacial score (nSPS) is 23.7. The molecule has 5 heteroatoms. The molecule has 3 N–H and O–H groups in total. The number of aromatic hydroxyl groups is 1. The molecule has 2 aliphatic carbocycles. The number of ketones is 1. The molecule has 0 spiro atoms. The number of nitrogens with one attached hydrogen (secondary N) is 2. The number of Topliss-reactive ketones (excluding diaryl/α,β-unsaturated/α-hetero) is 1. The molecule has 1 amide bonds. The number of phenols is 1. The number of phenolic OH excluding ortho intramolecular Hbond substituents is 1. The molecule has 0 radical (unpaired) electrons. The molecule has 5 unspecified atom stereocenters. The van der Waals surface area contributed by atoms with Crippen LogP contribution in [0.1, 0.15) is 81.5 Å². The number of carbonyl (C=O) groups is 2. The maximum Gasteiger partial charge on any atom is 0.230 e. The van der Waals surface area contributed by atoms with Crippen LogP contribution in [0.5, 0.6) is 5.75 Å². The second-order valence-corrected chi connectivity index (χ2v) is 14.2. The van der Waals surface area contributed by atoms with Crippen LogP contribution in [-0.4, -0.2) is 23.8 Å². The van der Waals surface area contributed by atoms with Crippen molar-refractivity contribution in [3.63, 3.8) is 0 Å². The molecule has 2 bridgehead atoms. The monoisotopic (exact) mass is 628 g/mol. The van der Waals surface area contributed by atoms with Gasteiger partial charge >= 0.3 is 0 Å². The Bertz CT molecular complexity index is 1680. The summed E-state index contributed by atoms with van der Waals surface area (Å²) >= 11 is 0. The summed E-state index contributed by atoms with van der Waals surface area (Å²) in [5, 5.41) is 17.7. The highest BCUT2D eigenvalue weighted by atomic mass is 16.3. The number of carbonyl (C=O) groups excluding carboxylic acids is 2. The molecule has 4 aromatic rings. The van der Waals surface area contributed by atoms with Gasteiger partial charge in [0.25, 0.3) is 0 Å². The Morgan fingerprint density at radius 2 is 1.40 bits per heavy atom. The third-order valence-electron chi connectivity index (χ3n) is 11.2. The van der Waals surface area contributed by atoms with Gasteiger partial charge in [-0.1, -0.05) is 106 Å². The predicted molar refractivity (Wildman–Crippen MR) is 191 cm³/mol. The summed E-state index contributed by atoms with van der Waals surface area (Å²) < 4.78 is 0. The van der Waals surface area contributed by atoms with Crippen LogP contribution in [0.25, 0.3) is 0 Å². The number of anilines is 2. The first-order valence-electron chi connectivity index (χ1n) is 17.2. The summed E-state index contributed by atoms with van der Waals surface area (Å²) in [7, 11) is 1.92. The molecule has 4 aromatic carbocycles. The molecular formula is C42H48N2O3. The smallest absolute Gasteiger partial charge is 0.230 e. The largest absolute Gasteiger partial charge is 0.506 e. The molecule has 0 aliphatic heterocycles. The summed E-state index contributed by atoms with van der Waals surface area (Å²) in [6, 6.07) is 34.9. The van der Waals surface area contributed by atoms with Crippen molar-refractivity contribution in [1.82, 2.24) is 0 Å². The predicted octanol–water partition coefficient (Wildman–Crippen LogP) is 9.20. The zero-order valence-electron chi connectivity index (χ0n) is 28.1. The van der Waals surface area contributed by atoms with Gasteiger partial charge in [0.1, 0.15) is 11.5 Å². The Labute approximate surface area is 279 Å². The van der Waals surface area contributed by atoms with E-state index in [0.29, 0.717) is 35.8 Å². The Morgan fingerprint density at radius 3 is 2.00 bits per heavy atom. The minimum atomic E-state index is -0.732. The Balaban J connectivity index is 1.42. The van der Waals surface area contributed by atoms with E-state index >= 15 is 0 Å². The van der Waals surface area contributed by atoms with Gasteiger partial charge in [0.15, 0.2) is 0 Å². The van der Waals surface area contributed by atoms with E-state index in [9.17, 15) is 14.7 Å². The van der Waals surface area contributed by atoms with Crippen LogP contribution in [0.3, 0.4) is 0 Å². The number of rotatable bonds is 11. The maximum atomic E-state index is 14.3. The lowest BCUT2D eigenvalue weighted by Gasteiger charge is -2.38. The van der Waals surface area contributed by atoms with Crippen molar-refractivity contribution in [2.75, 3.05) is 17.7 Å². The topological polar surface area (TPSA) is 78.4 Å². The van der Waals surface area contributed by atoms with E-state index in [4.69, 9.17) is 0 Å². The summed E-state index contributed by atoms with van der Waals surface area (Å²) in [5.41, 5.74) is 4.27. The zero-order chi connectivity index (χ0) is 33.2. The van der Waals surface area contributed by atoms with E-state index in [0.717, 1.165) is 60.0 Å². The summed E-state index contributed by atoms with van der Waals surface area (Å²) in [6.45, 7) is 6.00. The van der Waals surface area contributed by atoms with Crippen LogP contribution in [0.15, 0.2) is 103 Å². The van der Waals surface area contributed by atoms with E-state index in [1.54, 1.807) is 13.0 Å². The van der Waals surface area contributed by atoms with Gasteiger partial charge in [-0.3, -0.25) is 4.79 Å². The molecule has 5 atom stereocenters. The molecule has 2 fully saturated rings. The van der Waals surface area contributed by atoms with Crippen LogP contribution in [0, 0.1) is 29.1 Å². The van der Waals surface area contributed by atoms with Crippen molar-refractivity contribution >= 4 is 23.1 Å². The second kappa shape index (κ2) is 13.4. The number of benzene rings is 4. The highest BCUT2D eigenvalue weighted by molar-refractivity contribution is 5.96. The van der Waals surface area contributed by atoms with E-state index < -0.39 is 10.8 Å². The fraction of sp³-hybridized carbons (Fsp3) is 0.381. The standard InChI is InChI=1S/C42H48N2O3/c1-5-13-36-29-23-30(37(36)22-28(2)45)27-41(3,26-29)40(47)44-38-25-34(20-21-39(38)46)42(31-14-8-6-9-15-31,32-16-10-7-11-17-32)33-18-12-19-35(24-33)43-4/h6-12,14-21,24-25,29-30,36-37,43,46H,5,13,22-23,26-27H2,1-4H3,(H,44,47). The first-order valence-corrected chi connectivity index (χ1v) is 17.2. The van der Waals surface area contributed by atoms with Crippen LogP contribution >= 0.6 is 0 Å². The summed E-state index contributed by atoms with van der Waals surface area (Å²) in [6.07, 6.45) is 5.49. The van der Waals surface area contributed by atoms with Gasteiger partial charge in [0.2, 0.25) is 5.91 Å². The lowest BCUT2D eigenvalue weighted by molar-refractivity contribution is -0.127. The van der Waals surface area contributed by atoms with Crippen molar-refractivity contribution in [3.05, 3.63) is 125 Å². The minimum absolute atomic E-state index is 0.0433. The first-order chi connectivity index (χ1) is 22.7. The van der Waals surface area contributed by atoms with E-state index in [1.165, 1.54) is 0 Å². The molecule has 2 saturated carbocycles. The molecular weight excluding hydrogens is 580 g/mol. The van der Waals surface area contributed by atoms with Crippen molar-refractivity contribution in [1.29, 1.82) is 0 Å².